The third-order valence-electron chi connectivity index (χ3n) is 4.10. The number of nitrogens with one attached hydrogen (secondary N) is 2. The maximum Gasteiger partial charge on any atom is 0.319 e. The van der Waals surface area contributed by atoms with Crippen molar-refractivity contribution in [1.82, 2.24) is 5.32 Å². The summed E-state index contributed by atoms with van der Waals surface area (Å²) in [5.41, 5.74) is 0.569. The minimum Gasteiger partial charge on any atom is -0.494 e. The van der Waals surface area contributed by atoms with Gasteiger partial charge in [-0.15, -0.1) is 0 Å². The van der Waals surface area contributed by atoms with Crippen LogP contribution in [0.2, 0.25) is 0 Å². The van der Waals surface area contributed by atoms with Crippen molar-refractivity contribution in [3.8, 4) is 5.75 Å². The fourth-order valence-corrected chi connectivity index (χ4v) is 2.88. The second-order valence-electron chi connectivity index (χ2n) is 6.05. The highest BCUT2D eigenvalue weighted by atomic mass is 19.1. The van der Waals surface area contributed by atoms with Gasteiger partial charge in [0.1, 0.15) is 17.4 Å². The van der Waals surface area contributed by atoms with Crippen molar-refractivity contribution in [1.29, 1.82) is 0 Å². The third kappa shape index (κ3) is 4.52. The molecule has 1 atom stereocenters. The van der Waals surface area contributed by atoms with Gasteiger partial charge >= 0.3 is 6.03 Å². The lowest BCUT2D eigenvalue weighted by Gasteiger charge is -2.18. The van der Waals surface area contributed by atoms with Crippen LogP contribution in [0.5, 0.6) is 5.75 Å². The molecule has 2 aromatic carbocycles. The Labute approximate surface area is 155 Å². The normalized spacial score (nSPS) is 16.3. The van der Waals surface area contributed by atoms with Crippen molar-refractivity contribution >= 4 is 23.3 Å². The van der Waals surface area contributed by atoms with Gasteiger partial charge in [-0.1, -0.05) is 0 Å². The van der Waals surface area contributed by atoms with Gasteiger partial charge in [0, 0.05) is 24.7 Å². The minimum atomic E-state index is -0.872. The van der Waals surface area contributed by atoms with Crippen LogP contribution in [0, 0.1) is 11.6 Å². The number of carbonyl (C=O) groups excluding carboxylic acids is 2. The lowest BCUT2D eigenvalue weighted by atomic mass is 10.2. The fourth-order valence-electron chi connectivity index (χ4n) is 2.88. The Hall–Kier alpha value is -3.16. The Morgan fingerprint density at radius 1 is 1.22 bits per heavy atom. The van der Waals surface area contributed by atoms with Gasteiger partial charge in [0.25, 0.3) is 0 Å². The average molecular weight is 375 g/mol. The molecule has 3 rings (SSSR count). The summed E-state index contributed by atoms with van der Waals surface area (Å²) in [5, 5.41) is 4.95. The van der Waals surface area contributed by atoms with Gasteiger partial charge in [-0.3, -0.25) is 4.79 Å². The highest BCUT2D eigenvalue weighted by Gasteiger charge is 2.31. The van der Waals surface area contributed by atoms with Gasteiger partial charge in [0.15, 0.2) is 0 Å². The van der Waals surface area contributed by atoms with E-state index < -0.39 is 23.7 Å². The molecular formula is C19H19F2N3O3. The molecule has 0 saturated carbocycles. The molecule has 0 aliphatic carbocycles. The van der Waals surface area contributed by atoms with Gasteiger partial charge in [-0.05, 0) is 43.3 Å². The summed E-state index contributed by atoms with van der Waals surface area (Å²) in [6.07, 6.45) is 0.131. The fraction of sp³-hybridized carbons (Fsp3) is 0.263. The summed E-state index contributed by atoms with van der Waals surface area (Å²) in [6.45, 7) is 2.74. The quantitative estimate of drug-likeness (QED) is 0.843. The van der Waals surface area contributed by atoms with E-state index in [-0.39, 0.29) is 18.0 Å². The monoisotopic (exact) mass is 375 g/mol. The second-order valence-corrected chi connectivity index (χ2v) is 6.05. The Kier molecular flexibility index (Phi) is 5.54. The first-order valence-electron chi connectivity index (χ1n) is 8.52. The first-order chi connectivity index (χ1) is 13.0. The number of benzene rings is 2. The van der Waals surface area contributed by atoms with Crippen LogP contribution in [0.4, 0.5) is 25.0 Å². The zero-order chi connectivity index (χ0) is 19.4. The van der Waals surface area contributed by atoms with Crippen molar-refractivity contribution in [2.75, 3.05) is 23.4 Å². The van der Waals surface area contributed by atoms with E-state index in [0.717, 1.165) is 12.1 Å². The van der Waals surface area contributed by atoms with Crippen LogP contribution in [-0.4, -0.2) is 31.1 Å². The summed E-state index contributed by atoms with van der Waals surface area (Å²) < 4.78 is 31.9. The second kappa shape index (κ2) is 8.03. The predicted molar refractivity (Wildman–Crippen MR) is 96.9 cm³/mol. The van der Waals surface area contributed by atoms with E-state index in [1.165, 1.54) is 0 Å². The first-order valence-corrected chi connectivity index (χ1v) is 8.52. The van der Waals surface area contributed by atoms with E-state index in [1.54, 1.807) is 29.2 Å². The summed E-state index contributed by atoms with van der Waals surface area (Å²) in [6, 6.07) is 8.88. The molecule has 1 aliphatic rings. The van der Waals surface area contributed by atoms with Crippen LogP contribution in [-0.2, 0) is 4.79 Å². The summed E-state index contributed by atoms with van der Waals surface area (Å²) >= 11 is 0. The van der Waals surface area contributed by atoms with Crippen molar-refractivity contribution < 1.29 is 23.1 Å². The zero-order valence-corrected chi connectivity index (χ0v) is 14.7. The van der Waals surface area contributed by atoms with Crippen LogP contribution in [0.15, 0.2) is 42.5 Å². The minimum absolute atomic E-state index is 0.127. The van der Waals surface area contributed by atoms with Gasteiger partial charge in [0.2, 0.25) is 5.91 Å². The number of rotatable bonds is 5. The van der Waals surface area contributed by atoms with E-state index >= 15 is 0 Å². The molecule has 2 aromatic rings. The van der Waals surface area contributed by atoms with Gasteiger partial charge in [-0.2, -0.15) is 0 Å². The topological polar surface area (TPSA) is 70.7 Å². The molecule has 142 valence electrons. The van der Waals surface area contributed by atoms with Crippen LogP contribution < -0.4 is 20.3 Å². The standard InChI is InChI=1S/C19H19F2N3O3/c1-2-27-15-6-4-14(5-7-15)24-11-13(10-18(24)25)22-19(26)23-17-8-3-12(20)9-16(17)21/h3-9,13H,2,10-11H2,1H3,(H2,22,23,26). The van der Waals surface area contributed by atoms with Crippen LogP contribution in [0.3, 0.4) is 0 Å². The molecule has 1 aliphatic heterocycles. The molecule has 1 saturated heterocycles. The maximum absolute atomic E-state index is 13.6. The van der Waals surface area contributed by atoms with Crippen molar-refractivity contribution in [2.45, 2.75) is 19.4 Å². The Balaban J connectivity index is 1.59. The highest BCUT2D eigenvalue weighted by molar-refractivity contribution is 5.97. The molecule has 0 aromatic heterocycles. The molecule has 0 spiro atoms. The number of hydrogen-bond donors (Lipinski definition) is 2. The molecule has 8 heteroatoms. The van der Waals surface area contributed by atoms with Crippen molar-refractivity contribution in [3.63, 3.8) is 0 Å². The molecule has 2 N–H and O–H groups in total. The molecule has 6 nitrogen and oxygen atoms in total. The molecule has 0 bridgehead atoms. The van der Waals surface area contributed by atoms with Crippen molar-refractivity contribution in [2.24, 2.45) is 0 Å². The Morgan fingerprint density at radius 3 is 2.63 bits per heavy atom. The zero-order valence-electron chi connectivity index (χ0n) is 14.7. The highest BCUT2D eigenvalue weighted by Crippen LogP contribution is 2.24. The van der Waals surface area contributed by atoms with Gasteiger partial charge in [0.05, 0.1) is 18.3 Å². The molecule has 1 fully saturated rings. The molecule has 27 heavy (non-hydrogen) atoms. The Morgan fingerprint density at radius 2 is 1.96 bits per heavy atom. The van der Waals surface area contributed by atoms with Gasteiger partial charge in [-0.25, -0.2) is 13.6 Å². The number of nitrogens with zero attached hydrogens (tertiary/aromatic N) is 1. The summed E-state index contributed by atoms with van der Waals surface area (Å²) in [4.78, 5) is 25.9. The van der Waals surface area contributed by atoms with E-state index in [1.807, 2.05) is 6.92 Å². The number of ether oxygens (including phenoxy) is 1. The number of hydrogen-bond acceptors (Lipinski definition) is 3. The van der Waals surface area contributed by atoms with Crippen LogP contribution >= 0.6 is 0 Å². The smallest absolute Gasteiger partial charge is 0.319 e. The SMILES string of the molecule is CCOc1ccc(N2CC(NC(=O)Nc3ccc(F)cc3F)CC2=O)cc1. The number of halogens is 2. The number of amides is 3. The van der Waals surface area contributed by atoms with E-state index in [4.69, 9.17) is 4.74 Å². The molecule has 0 radical (unpaired) electrons. The van der Waals surface area contributed by atoms with E-state index in [9.17, 15) is 18.4 Å². The molecule has 1 unspecified atom stereocenters. The van der Waals surface area contributed by atoms with Crippen molar-refractivity contribution in [3.05, 3.63) is 54.1 Å². The summed E-state index contributed by atoms with van der Waals surface area (Å²) in [7, 11) is 0. The maximum atomic E-state index is 13.6. The average Bonchev–Trinajstić information content (AvgIpc) is 2.98. The van der Waals surface area contributed by atoms with E-state index in [2.05, 4.69) is 10.6 Å². The third-order valence-corrected chi connectivity index (χ3v) is 4.10. The first kappa shape index (κ1) is 18.6. The lowest BCUT2D eigenvalue weighted by molar-refractivity contribution is -0.117. The number of carbonyl (C=O) groups is 2. The number of anilines is 2. The van der Waals surface area contributed by atoms with Gasteiger partial charge < -0.3 is 20.3 Å². The van der Waals surface area contributed by atoms with Crippen LogP contribution in [0.25, 0.3) is 0 Å². The lowest BCUT2D eigenvalue weighted by Crippen LogP contribution is -2.39. The molecule has 1 heterocycles. The van der Waals surface area contributed by atoms with Crippen LogP contribution in [0.1, 0.15) is 13.3 Å². The summed E-state index contributed by atoms with van der Waals surface area (Å²) in [5.74, 6) is -1.02. The molecule has 3 amide bonds. The van der Waals surface area contributed by atoms with E-state index in [0.29, 0.717) is 30.7 Å². The molecular weight excluding hydrogens is 356 g/mol. The predicted octanol–water partition coefficient (Wildman–Crippen LogP) is 3.29. The largest absolute Gasteiger partial charge is 0.494 e. The Bertz CT molecular complexity index is 843. The number of urea groups is 1.